The first-order valence-corrected chi connectivity index (χ1v) is 6.54. The third-order valence-corrected chi connectivity index (χ3v) is 3.47. The van der Waals surface area contributed by atoms with Crippen molar-refractivity contribution in [1.82, 2.24) is 4.98 Å². The number of ether oxygens (including phenoxy) is 1. The van der Waals surface area contributed by atoms with Crippen LogP contribution < -0.4 is 10.5 Å². The molecule has 1 heterocycles. The van der Waals surface area contributed by atoms with E-state index >= 15 is 0 Å². The predicted molar refractivity (Wildman–Crippen MR) is 69.1 cm³/mol. The quantitative estimate of drug-likeness (QED) is 0.874. The zero-order valence-electron chi connectivity index (χ0n) is 10.8. The Labute approximate surface area is 103 Å². The minimum absolute atomic E-state index is 0.336. The number of aryl methyl sites for hydroxylation is 2. The van der Waals surface area contributed by atoms with E-state index in [1.165, 1.54) is 24.8 Å². The van der Waals surface area contributed by atoms with Crippen molar-refractivity contribution >= 4 is 0 Å². The molecule has 0 radical (unpaired) electrons. The Bertz CT molecular complexity index is 384. The number of aromatic nitrogens is 1. The van der Waals surface area contributed by atoms with Gasteiger partial charge in [0.25, 0.3) is 0 Å². The van der Waals surface area contributed by atoms with Crippen LogP contribution in [0.1, 0.15) is 48.9 Å². The molecule has 1 saturated carbocycles. The van der Waals surface area contributed by atoms with Crippen molar-refractivity contribution in [2.75, 3.05) is 0 Å². The molecule has 94 valence electrons. The average Bonchev–Trinajstić information content (AvgIpc) is 2.30. The van der Waals surface area contributed by atoms with Crippen LogP contribution in [0.4, 0.5) is 0 Å². The Kier molecular flexibility index (Phi) is 4.00. The maximum atomic E-state index is 6.05. The number of hydrogen-bond donors (Lipinski definition) is 1. The van der Waals surface area contributed by atoms with Crippen molar-refractivity contribution in [1.29, 1.82) is 0 Å². The summed E-state index contributed by atoms with van der Waals surface area (Å²) in [6.45, 7) is 4.58. The topological polar surface area (TPSA) is 48.1 Å². The molecule has 3 nitrogen and oxygen atoms in total. The molecule has 1 fully saturated rings. The molecular weight excluding hydrogens is 212 g/mol. The van der Waals surface area contributed by atoms with Gasteiger partial charge in [0.2, 0.25) is 5.88 Å². The fraction of sp³-hybridized carbons (Fsp3) is 0.643. The Balaban J connectivity index is 2.18. The number of nitrogens with two attached hydrogens (primary N) is 1. The molecule has 1 aromatic heterocycles. The summed E-state index contributed by atoms with van der Waals surface area (Å²) in [7, 11) is 0. The maximum absolute atomic E-state index is 6.05. The summed E-state index contributed by atoms with van der Waals surface area (Å²) >= 11 is 0. The van der Waals surface area contributed by atoms with Crippen molar-refractivity contribution in [3.63, 3.8) is 0 Å². The van der Waals surface area contributed by atoms with E-state index in [0.29, 0.717) is 12.6 Å². The lowest BCUT2D eigenvalue weighted by Gasteiger charge is -2.24. The maximum Gasteiger partial charge on any atom is 0.218 e. The van der Waals surface area contributed by atoms with Crippen molar-refractivity contribution in [2.24, 2.45) is 5.73 Å². The minimum Gasteiger partial charge on any atom is -0.474 e. The lowest BCUT2D eigenvalue weighted by molar-refractivity contribution is 0.147. The smallest absolute Gasteiger partial charge is 0.218 e. The van der Waals surface area contributed by atoms with E-state index < -0.39 is 0 Å². The molecule has 0 spiro atoms. The molecule has 0 aromatic carbocycles. The SMILES string of the molecule is Cc1cc(C)c(CN)c(OC2CCCCC2)n1. The first-order chi connectivity index (χ1) is 8.20. The molecule has 0 atom stereocenters. The number of hydrogen-bond acceptors (Lipinski definition) is 3. The van der Waals surface area contributed by atoms with Crippen LogP contribution in [0.5, 0.6) is 5.88 Å². The molecule has 1 aromatic rings. The highest BCUT2D eigenvalue weighted by molar-refractivity contribution is 5.35. The van der Waals surface area contributed by atoms with Crippen molar-refractivity contribution < 1.29 is 4.74 Å². The van der Waals surface area contributed by atoms with Gasteiger partial charge in [-0.2, -0.15) is 0 Å². The third kappa shape index (κ3) is 2.97. The van der Waals surface area contributed by atoms with Gasteiger partial charge in [-0.25, -0.2) is 4.98 Å². The summed E-state index contributed by atoms with van der Waals surface area (Å²) in [5.74, 6) is 0.761. The van der Waals surface area contributed by atoms with Gasteiger partial charge in [0.15, 0.2) is 0 Å². The van der Waals surface area contributed by atoms with Gasteiger partial charge in [0.1, 0.15) is 6.10 Å². The van der Waals surface area contributed by atoms with Gasteiger partial charge in [-0.1, -0.05) is 6.42 Å². The molecular formula is C14H22N2O. The second kappa shape index (κ2) is 5.50. The van der Waals surface area contributed by atoms with Crippen LogP contribution in [0.3, 0.4) is 0 Å². The van der Waals surface area contributed by atoms with Crippen LogP contribution >= 0.6 is 0 Å². The summed E-state index contributed by atoms with van der Waals surface area (Å²) in [6, 6.07) is 2.07. The van der Waals surface area contributed by atoms with Crippen LogP contribution in [0, 0.1) is 13.8 Å². The molecule has 17 heavy (non-hydrogen) atoms. The monoisotopic (exact) mass is 234 g/mol. The van der Waals surface area contributed by atoms with Gasteiger partial charge in [-0.3, -0.25) is 0 Å². The van der Waals surface area contributed by atoms with Crippen molar-refractivity contribution in [2.45, 2.75) is 58.6 Å². The minimum atomic E-state index is 0.336. The fourth-order valence-corrected chi connectivity index (χ4v) is 2.52. The fourth-order valence-electron chi connectivity index (χ4n) is 2.52. The number of rotatable bonds is 3. The average molecular weight is 234 g/mol. The molecule has 1 aliphatic rings. The number of pyridine rings is 1. The van der Waals surface area contributed by atoms with Crippen LogP contribution in [-0.2, 0) is 6.54 Å². The molecule has 0 amide bonds. The standard InChI is InChI=1S/C14H22N2O/c1-10-8-11(2)16-14(13(10)9-15)17-12-6-4-3-5-7-12/h8,12H,3-7,9,15H2,1-2H3. The van der Waals surface area contributed by atoms with Gasteiger partial charge in [-0.05, 0) is 51.2 Å². The zero-order chi connectivity index (χ0) is 12.3. The normalized spacial score (nSPS) is 17.1. The van der Waals surface area contributed by atoms with E-state index in [9.17, 15) is 0 Å². The van der Waals surface area contributed by atoms with Crippen LogP contribution in [0.25, 0.3) is 0 Å². The van der Waals surface area contributed by atoms with Crippen LogP contribution in [-0.4, -0.2) is 11.1 Å². The van der Waals surface area contributed by atoms with Gasteiger partial charge in [0.05, 0.1) is 0 Å². The highest BCUT2D eigenvalue weighted by Crippen LogP contribution is 2.26. The highest BCUT2D eigenvalue weighted by atomic mass is 16.5. The summed E-state index contributed by atoms with van der Waals surface area (Å²) in [4.78, 5) is 4.50. The largest absolute Gasteiger partial charge is 0.474 e. The summed E-state index contributed by atoms with van der Waals surface area (Å²) in [6.07, 6.45) is 6.52. The summed E-state index contributed by atoms with van der Waals surface area (Å²) in [5, 5.41) is 0. The van der Waals surface area contributed by atoms with E-state index in [0.717, 1.165) is 30.0 Å². The zero-order valence-corrected chi connectivity index (χ0v) is 10.8. The van der Waals surface area contributed by atoms with Crippen molar-refractivity contribution in [3.05, 3.63) is 22.9 Å². The molecule has 0 unspecified atom stereocenters. The third-order valence-electron chi connectivity index (χ3n) is 3.47. The van der Waals surface area contributed by atoms with E-state index in [4.69, 9.17) is 10.5 Å². The lowest BCUT2D eigenvalue weighted by Crippen LogP contribution is -2.21. The molecule has 3 heteroatoms. The molecule has 0 saturated heterocycles. The Hall–Kier alpha value is -1.09. The first kappa shape index (κ1) is 12.4. The van der Waals surface area contributed by atoms with Gasteiger partial charge in [-0.15, -0.1) is 0 Å². The van der Waals surface area contributed by atoms with E-state index in [1.54, 1.807) is 0 Å². The summed E-state index contributed by atoms with van der Waals surface area (Å²) in [5.41, 5.74) is 9.03. The molecule has 1 aliphatic carbocycles. The Morgan fingerprint density at radius 1 is 1.29 bits per heavy atom. The second-order valence-corrected chi connectivity index (χ2v) is 4.95. The van der Waals surface area contributed by atoms with Crippen LogP contribution in [0.15, 0.2) is 6.07 Å². The first-order valence-electron chi connectivity index (χ1n) is 6.54. The second-order valence-electron chi connectivity index (χ2n) is 4.95. The van der Waals surface area contributed by atoms with Crippen LogP contribution in [0.2, 0.25) is 0 Å². The van der Waals surface area contributed by atoms with Crippen molar-refractivity contribution in [3.8, 4) is 5.88 Å². The number of nitrogens with zero attached hydrogens (tertiary/aromatic N) is 1. The Morgan fingerprint density at radius 3 is 2.65 bits per heavy atom. The lowest BCUT2D eigenvalue weighted by atomic mass is 9.98. The van der Waals surface area contributed by atoms with E-state index in [-0.39, 0.29) is 0 Å². The van der Waals surface area contributed by atoms with Gasteiger partial charge < -0.3 is 10.5 Å². The molecule has 2 N–H and O–H groups in total. The van der Waals surface area contributed by atoms with Gasteiger partial charge >= 0.3 is 0 Å². The van der Waals surface area contributed by atoms with Gasteiger partial charge in [0, 0.05) is 17.8 Å². The highest BCUT2D eigenvalue weighted by Gasteiger charge is 2.18. The van der Waals surface area contributed by atoms with E-state index in [1.807, 2.05) is 6.92 Å². The predicted octanol–water partition coefficient (Wildman–Crippen LogP) is 2.87. The molecule has 2 rings (SSSR count). The summed E-state index contributed by atoms with van der Waals surface area (Å²) < 4.78 is 6.05. The molecule has 0 aliphatic heterocycles. The Morgan fingerprint density at radius 2 is 2.00 bits per heavy atom. The molecule has 0 bridgehead atoms. The van der Waals surface area contributed by atoms with E-state index in [2.05, 4.69) is 18.0 Å².